The molecule has 0 spiro atoms. The van der Waals surface area contributed by atoms with E-state index in [0.717, 1.165) is 0 Å². The molecule has 1 rings (SSSR count). The van der Waals surface area contributed by atoms with Gasteiger partial charge in [-0.25, -0.2) is 0 Å². The number of anilines is 1. The third kappa shape index (κ3) is 3.01. The molecule has 8 nitrogen and oxygen atoms in total. The van der Waals surface area contributed by atoms with E-state index in [4.69, 9.17) is 5.11 Å². The molecule has 0 unspecified atom stereocenters. The molecule has 1 aromatic rings. The number of carbonyl (C=O) groups is 2. The first-order chi connectivity index (χ1) is 7.31. The van der Waals surface area contributed by atoms with Gasteiger partial charge in [0.25, 0.3) is 5.95 Å². The molecule has 0 saturated heterocycles. The maximum absolute atomic E-state index is 11.5. The number of nitrogens with one attached hydrogen (secondary N) is 1. The van der Waals surface area contributed by atoms with Gasteiger partial charge in [-0.2, -0.15) is 4.80 Å². The summed E-state index contributed by atoms with van der Waals surface area (Å²) in [6, 6.07) is 0. The van der Waals surface area contributed by atoms with Crippen molar-refractivity contribution in [2.45, 2.75) is 20.3 Å². The zero-order valence-corrected chi connectivity index (χ0v) is 9.26. The van der Waals surface area contributed by atoms with E-state index in [-0.39, 0.29) is 12.4 Å². The summed E-state index contributed by atoms with van der Waals surface area (Å²) in [6.45, 7) is 2.94. The van der Waals surface area contributed by atoms with Crippen molar-refractivity contribution in [2.75, 3.05) is 5.32 Å². The van der Waals surface area contributed by atoms with Crippen LogP contribution in [0.1, 0.15) is 20.3 Å². The number of nitrogens with zero attached hydrogens (tertiary/aromatic N) is 4. The Labute approximate surface area is 91.6 Å². The predicted octanol–water partition coefficient (Wildman–Crippen LogP) is -0.351. The lowest BCUT2D eigenvalue weighted by Gasteiger charge is -2.17. The Hall–Kier alpha value is -1.99. The molecule has 0 aliphatic rings. The van der Waals surface area contributed by atoms with Crippen LogP contribution in [0.4, 0.5) is 5.95 Å². The average Bonchev–Trinajstić information content (AvgIpc) is 2.49. The number of aliphatic carboxylic acids is 1. The second-order valence-corrected chi connectivity index (χ2v) is 4.02. The quantitative estimate of drug-likeness (QED) is 0.727. The standard InChI is InChI=1S/C8H13N5O3/c1-8(2,6(15)16)4-5(14)9-7-10-12-13(3)11-7/h4H2,1-3H3,(H,15,16)(H,9,11,14). The van der Waals surface area contributed by atoms with Crippen molar-refractivity contribution in [2.24, 2.45) is 12.5 Å². The minimum atomic E-state index is -1.12. The van der Waals surface area contributed by atoms with Gasteiger partial charge in [0.2, 0.25) is 5.91 Å². The van der Waals surface area contributed by atoms with Gasteiger partial charge in [0.05, 0.1) is 12.5 Å². The first-order valence-corrected chi connectivity index (χ1v) is 4.58. The third-order valence-corrected chi connectivity index (χ3v) is 1.94. The monoisotopic (exact) mass is 227 g/mol. The highest BCUT2D eigenvalue weighted by Crippen LogP contribution is 2.20. The lowest BCUT2D eigenvalue weighted by Crippen LogP contribution is -2.29. The van der Waals surface area contributed by atoms with E-state index in [1.807, 2.05) is 0 Å². The summed E-state index contributed by atoms with van der Waals surface area (Å²) in [5.41, 5.74) is -1.12. The number of hydrogen-bond acceptors (Lipinski definition) is 5. The van der Waals surface area contributed by atoms with E-state index in [2.05, 4.69) is 20.7 Å². The van der Waals surface area contributed by atoms with Crippen molar-refractivity contribution in [1.29, 1.82) is 0 Å². The number of carbonyl (C=O) groups excluding carboxylic acids is 1. The highest BCUT2D eigenvalue weighted by atomic mass is 16.4. The van der Waals surface area contributed by atoms with Gasteiger partial charge in [0.1, 0.15) is 0 Å². The van der Waals surface area contributed by atoms with Gasteiger partial charge >= 0.3 is 5.97 Å². The molecule has 0 bridgehead atoms. The Bertz CT molecular complexity index is 412. The molecular weight excluding hydrogens is 214 g/mol. The van der Waals surface area contributed by atoms with Crippen LogP contribution in [-0.4, -0.2) is 37.2 Å². The fraction of sp³-hybridized carbons (Fsp3) is 0.625. The van der Waals surface area contributed by atoms with E-state index in [1.165, 1.54) is 18.6 Å². The molecular formula is C8H13N5O3. The Kier molecular flexibility index (Phi) is 3.21. The number of amides is 1. The van der Waals surface area contributed by atoms with Crippen molar-refractivity contribution >= 4 is 17.8 Å². The number of carboxylic acids is 1. The smallest absolute Gasteiger partial charge is 0.309 e. The van der Waals surface area contributed by atoms with E-state index in [9.17, 15) is 9.59 Å². The molecule has 1 heterocycles. The topological polar surface area (TPSA) is 110 Å². The highest BCUT2D eigenvalue weighted by molar-refractivity contribution is 5.92. The van der Waals surface area contributed by atoms with Crippen molar-refractivity contribution in [3.63, 3.8) is 0 Å². The Morgan fingerprint density at radius 1 is 1.50 bits per heavy atom. The Balaban J connectivity index is 2.58. The number of carboxylic acid groups (broad SMARTS) is 1. The Morgan fingerprint density at radius 3 is 2.56 bits per heavy atom. The van der Waals surface area contributed by atoms with Gasteiger partial charge < -0.3 is 5.11 Å². The molecule has 88 valence electrons. The van der Waals surface area contributed by atoms with Crippen molar-refractivity contribution in [1.82, 2.24) is 20.2 Å². The number of aromatic nitrogens is 4. The van der Waals surface area contributed by atoms with Gasteiger partial charge in [0.15, 0.2) is 0 Å². The maximum Gasteiger partial charge on any atom is 0.309 e. The van der Waals surface area contributed by atoms with Crippen molar-refractivity contribution < 1.29 is 14.7 Å². The zero-order valence-electron chi connectivity index (χ0n) is 9.26. The van der Waals surface area contributed by atoms with Gasteiger partial charge in [0, 0.05) is 6.42 Å². The number of hydrogen-bond donors (Lipinski definition) is 2. The molecule has 0 aromatic carbocycles. The highest BCUT2D eigenvalue weighted by Gasteiger charge is 2.30. The molecule has 0 saturated carbocycles. The van der Waals surface area contributed by atoms with E-state index < -0.39 is 17.3 Å². The minimum Gasteiger partial charge on any atom is -0.481 e. The Morgan fingerprint density at radius 2 is 2.12 bits per heavy atom. The first-order valence-electron chi connectivity index (χ1n) is 4.58. The van der Waals surface area contributed by atoms with Crippen molar-refractivity contribution in [3.05, 3.63) is 0 Å². The van der Waals surface area contributed by atoms with Gasteiger partial charge in [-0.15, -0.1) is 5.10 Å². The van der Waals surface area contributed by atoms with Crippen LogP contribution in [0.15, 0.2) is 0 Å². The molecule has 1 aromatic heterocycles. The fourth-order valence-electron chi connectivity index (χ4n) is 0.980. The summed E-state index contributed by atoms with van der Waals surface area (Å²) >= 11 is 0. The van der Waals surface area contributed by atoms with Gasteiger partial charge in [-0.05, 0) is 19.1 Å². The lowest BCUT2D eigenvalue weighted by molar-refractivity contribution is -0.148. The molecule has 0 radical (unpaired) electrons. The van der Waals surface area contributed by atoms with E-state index in [0.29, 0.717) is 0 Å². The number of tetrazole rings is 1. The largest absolute Gasteiger partial charge is 0.481 e. The number of rotatable bonds is 4. The molecule has 0 atom stereocenters. The van der Waals surface area contributed by atoms with Gasteiger partial charge in [-0.3, -0.25) is 14.9 Å². The van der Waals surface area contributed by atoms with Gasteiger partial charge in [-0.1, -0.05) is 5.10 Å². The average molecular weight is 227 g/mol. The summed E-state index contributed by atoms with van der Waals surface area (Å²) in [4.78, 5) is 23.4. The van der Waals surface area contributed by atoms with Crippen LogP contribution in [0.5, 0.6) is 0 Å². The molecule has 16 heavy (non-hydrogen) atoms. The lowest BCUT2D eigenvalue weighted by atomic mass is 9.89. The van der Waals surface area contributed by atoms with Crippen LogP contribution >= 0.6 is 0 Å². The SMILES string of the molecule is Cn1nnc(NC(=O)CC(C)(C)C(=O)O)n1. The second kappa shape index (κ2) is 4.25. The predicted molar refractivity (Wildman–Crippen MR) is 53.5 cm³/mol. The first kappa shape index (κ1) is 12.1. The fourth-order valence-corrected chi connectivity index (χ4v) is 0.980. The van der Waals surface area contributed by atoms with Crippen LogP contribution in [0.2, 0.25) is 0 Å². The second-order valence-electron chi connectivity index (χ2n) is 4.02. The molecule has 2 N–H and O–H groups in total. The van der Waals surface area contributed by atoms with E-state index in [1.54, 1.807) is 7.05 Å². The summed E-state index contributed by atoms with van der Waals surface area (Å²) < 4.78 is 0. The van der Waals surface area contributed by atoms with Crippen LogP contribution in [0.3, 0.4) is 0 Å². The molecule has 8 heteroatoms. The summed E-state index contributed by atoms with van der Waals surface area (Å²) in [5, 5.41) is 22.0. The third-order valence-electron chi connectivity index (χ3n) is 1.94. The van der Waals surface area contributed by atoms with Crippen LogP contribution < -0.4 is 5.32 Å². The minimum absolute atomic E-state index is 0.0636. The molecule has 0 aliphatic carbocycles. The van der Waals surface area contributed by atoms with Crippen LogP contribution in [-0.2, 0) is 16.6 Å². The maximum atomic E-state index is 11.5. The zero-order chi connectivity index (χ0) is 12.3. The molecule has 1 amide bonds. The van der Waals surface area contributed by atoms with Crippen LogP contribution in [0, 0.1) is 5.41 Å². The summed E-state index contributed by atoms with van der Waals surface area (Å²) in [5.74, 6) is -1.43. The summed E-state index contributed by atoms with van der Waals surface area (Å²) in [6.07, 6.45) is -0.152. The number of aryl methyl sites for hydroxylation is 1. The normalized spacial score (nSPS) is 11.2. The van der Waals surface area contributed by atoms with E-state index >= 15 is 0 Å². The molecule has 0 aliphatic heterocycles. The summed E-state index contributed by atoms with van der Waals surface area (Å²) in [7, 11) is 1.56. The van der Waals surface area contributed by atoms with Crippen molar-refractivity contribution in [3.8, 4) is 0 Å². The van der Waals surface area contributed by atoms with Crippen LogP contribution in [0.25, 0.3) is 0 Å². The molecule has 0 fully saturated rings.